The molecule has 0 aliphatic carbocycles. The van der Waals surface area contributed by atoms with E-state index in [9.17, 15) is 9.59 Å². The fourth-order valence-corrected chi connectivity index (χ4v) is 2.35. The molecule has 0 saturated carbocycles. The van der Waals surface area contributed by atoms with Gasteiger partial charge in [0.1, 0.15) is 6.04 Å². The predicted octanol–water partition coefficient (Wildman–Crippen LogP) is -0.0406. The number of amides is 1. The minimum atomic E-state index is -0.826. The van der Waals surface area contributed by atoms with Gasteiger partial charge in [-0.3, -0.25) is 19.2 Å². The van der Waals surface area contributed by atoms with Gasteiger partial charge in [0.2, 0.25) is 0 Å². The van der Waals surface area contributed by atoms with Crippen LogP contribution in [0.4, 0.5) is 0 Å². The summed E-state index contributed by atoms with van der Waals surface area (Å²) in [5, 5.41) is 13.1. The van der Waals surface area contributed by atoms with Gasteiger partial charge in [-0.25, -0.2) is 0 Å². The molecule has 1 atom stereocenters. The molecule has 0 radical (unpaired) electrons. The first-order chi connectivity index (χ1) is 9.41. The Morgan fingerprint density at radius 1 is 1.30 bits per heavy atom. The van der Waals surface area contributed by atoms with E-state index in [2.05, 4.69) is 5.10 Å². The second-order valence-electron chi connectivity index (χ2n) is 5.11. The van der Waals surface area contributed by atoms with Crippen LogP contribution in [0.2, 0.25) is 0 Å². The Morgan fingerprint density at radius 3 is 2.35 bits per heavy atom. The molecular weight excluding hydrogens is 260 g/mol. The first kappa shape index (κ1) is 14.5. The van der Waals surface area contributed by atoms with Gasteiger partial charge in [-0.1, -0.05) is 0 Å². The highest BCUT2D eigenvalue weighted by Gasteiger charge is 2.28. The van der Waals surface area contributed by atoms with Crippen LogP contribution in [0, 0.1) is 6.92 Å². The van der Waals surface area contributed by atoms with E-state index in [0.717, 1.165) is 5.69 Å². The Kier molecular flexibility index (Phi) is 4.08. The zero-order chi connectivity index (χ0) is 14.9. The van der Waals surface area contributed by atoms with Gasteiger partial charge in [-0.15, -0.1) is 0 Å². The molecule has 1 N–H and O–H groups in total. The molecule has 0 bridgehead atoms. The van der Waals surface area contributed by atoms with Crippen LogP contribution in [-0.2, 0) is 11.8 Å². The number of rotatable bonds is 3. The van der Waals surface area contributed by atoms with Crippen molar-refractivity contribution in [3.05, 3.63) is 17.5 Å². The third-order valence-corrected chi connectivity index (χ3v) is 3.97. The Balaban J connectivity index is 1.99. The van der Waals surface area contributed by atoms with Gasteiger partial charge in [0.25, 0.3) is 5.91 Å². The van der Waals surface area contributed by atoms with Crippen molar-refractivity contribution >= 4 is 11.9 Å². The highest BCUT2D eigenvalue weighted by Crippen LogP contribution is 2.13. The van der Waals surface area contributed by atoms with Crippen LogP contribution in [0.1, 0.15) is 23.0 Å². The number of carbonyl (C=O) groups is 2. The summed E-state index contributed by atoms with van der Waals surface area (Å²) < 4.78 is 1.68. The average molecular weight is 280 g/mol. The lowest BCUT2D eigenvalue weighted by Gasteiger charge is -2.36. The predicted molar refractivity (Wildman–Crippen MR) is 72.5 cm³/mol. The van der Waals surface area contributed by atoms with Crippen molar-refractivity contribution in [2.24, 2.45) is 7.05 Å². The van der Waals surface area contributed by atoms with E-state index in [1.807, 2.05) is 11.8 Å². The second-order valence-corrected chi connectivity index (χ2v) is 5.11. The highest BCUT2D eigenvalue weighted by molar-refractivity contribution is 5.95. The summed E-state index contributed by atoms with van der Waals surface area (Å²) in [6.07, 6.45) is 1.59. The summed E-state index contributed by atoms with van der Waals surface area (Å²) in [5.41, 5.74) is 1.46. The van der Waals surface area contributed by atoms with E-state index in [-0.39, 0.29) is 5.91 Å². The average Bonchev–Trinajstić information content (AvgIpc) is 2.77. The summed E-state index contributed by atoms with van der Waals surface area (Å²) in [5.74, 6) is -0.855. The van der Waals surface area contributed by atoms with E-state index in [1.165, 1.54) is 0 Å². The van der Waals surface area contributed by atoms with Crippen molar-refractivity contribution in [2.75, 3.05) is 26.2 Å². The summed E-state index contributed by atoms with van der Waals surface area (Å²) in [6, 6.07) is -0.507. The molecule has 1 unspecified atom stereocenters. The standard InChI is InChI=1S/C13H20N4O3/c1-9-11(8-14-15(9)3)12(18)17-6-4-16(5-7-17)10(2)13(19)20/h8,10H,4-7H2,1-3H3,(H,19,20). The largest absolute Gasteiger partial charge is 0.480 e. The van der Waals surface area contributed by atoms with E-state index in [0.29, 0.717) is 31.7 Å². The number of piperazine rings is 1. The Labute approximate surface area is 117 Å². The SMILES string of the molecule is Cc1c(C(=O)N2CCN(C(C)C(=O)O)CC2)cnn1C. The van der Waals surface area contributed by atoms with Crippen molar-refractivity contribution in [1.82, 2.24) is 19.6 Å². The molecule has 1 aromatic heterocycles. The van der Waals surface area contributed by atoms with Crippen LogP contribution >= 0.6 is 0 Å². The van der Waals surface area contributed by atoms with Gasteiger partial charge >= 0.3 is 5.97 Å². The lowest BCUT2D eigenvalue weighted by molar-refractivity contribution is -0.143. The molecule has 110 valence electrons. The third-order valence-electron chi connectivity index (χ3n) is 3.97. The number of aromatic nitrogens is 2. The van der Waals surface area contributed by atoms with Gasteiger partial charge in [0.15, 0.2) is 0 Å². The Morgan fingerprint density at radius 2 is 1.90 bits per heavy atom. The van der Waals surface area contributed by atoms with E-state index < -0.39 is 12.0 Å². The zero-order valence-corrected chi connectivity index (χ0v) is 12.0. The smallest absolute Gasteiger partial charge is 0.320 e. The Bertz CT molecular complexity index is 518. The van der Waals surface area contributed by atoms with Crippen LogP contribution in [-0.4, -0.2) is 68.8 Å². The molecule has 1 fully saturated rings. The van der Waals surface area contributed by atoms with Gasteiger partial charge in [-0.05, 0) is 13.8 Å². The monoisotopic (exact) mass is 280 g/mol. The van der Waals surface area contributed by atoms with Crippen LogP contribution in [0.3, 0.4) is 0 Å². The van der Waals surface area contributed by atoms with Crippen LogP contribution in [0.25, 0.3) is 0 Å². The van der Waals surface area contributed by atoms with Gasteiger partial charge < -0.3 is 10.0 Å². The summed E-state index contributed by atoms with van der Waals surface area (Å²) >= 11 is 0. The molecular formula is C13H20N4O3. The number of carbonyl (C=O) groups excluding carboxylic acids is 1. The van der Waals surface area contributed by atoms with Crippen molar-refractivity contribution in [2.45, 2.75) is 19.9 Å². The number of aryl methyl sites for hydroxylation is 1. The maximum atomic E-state index is 12.4. The molecule has 7 nitrogen and oxygen atoms in total. The highest BCUT2D eigenvalue weighted by atomic mass is 16.4. The normalized spacial score (nSPS) is 18.1. The summed E-state index contributed by atoms with van der Waals surface area (Å²) in [6.45, 7) is 5.79. The van der Waals surface area contributed by atoms with E-state index in [1.54, 1.807) is 29.7 Å². The van der Waals surface area contributed by atoms with Crippen molar-refractivity contribution in [1.29, 1.82) is 0 Å². The molecule has 7 heteroatoms. The summed E-state index contributed by atoms with van der Waals surface area (Å²) in [7, 11) is 1.80. The molecule has 2 heterocycles. The Hall–Kier alpha value is -1.89. The fourth-order valence-electron chi connectivity index (χ4n) is 2.35. The van der Waals surface area contributed by atoms with E-state index >= 15 is 0 Å². The van der Waals surface area contributed by atoms with Gasteiger partial charge in [0, 0.05) is 38.9 Å². The van der Waals surface area contributed by atoms with Crippen LogP contribution in [0.15, 0.2) is 6.20 Å². The molecule has 1 aromatic rings. The van der Waals surface area contributed by atoms with E-state index in [4.69, 9.17) is 5.11 Å². The number of carboxylic acids is 1. The number of aliphatic carboxylic acids is 1. The van der Waals surface area contributed by atoms with Gasteiger partial charge in [-0.2, -0.15) is 5.10 Å². The lowest BCUT2D eigenvalue weighted by atomic mass is 10.2. The van der Waals surface area contributed by atoms with Crippen molar-refractivity contribution in [3.8, 4) is 0 Å². The van der Waals surface area contributed by atoms with Crippen molar-refractivity contribution < 1.29 is 14.7 Å². The molecule has 0 aromatic carbocycles. The molecule has 1 aliphatic rings. The maximum absolute atomic E-state index is 12.4. The number of hydrogen-bond donors (Lipinski definition) is 1. The molecule has 2 rings (SSSR count). The molecule has 1 amide bonds. The van der Waals surface area contributed by atoms with Crippen LogP contribution in [0.5, 0.6) is 0 Å². The molecule has 20 heavy (non-hydrogen) atoms. The maximum Gasteiger partial charge on any atom is 0.320 e. The minimum absolute atomic E-state index is 0.0294. The molecule has 1 saturated heterocycles. The lowest BCUT2D eigenvalue weighted by Crippen LogP contribution is -2.53. The quantitative estimate of drug-likeness (QED) is 0.840. The zero-order valence-electron chi connectivity index (χ0n) is 12.0. The number of carboxylic acid groups (broad SMARTS) is 1. The van der Waals surface area contributed by atoms with Gasteiger partial charge in [0.05, 0.1) is 11.8 Å². The first-order valence-electron chi connectivity index (χ1n) is 6.66. The first-order valence-corrected chi connectivity index (χ1v) is 6.66. The molecule has 1 aliphatic heterocycles. The number of hydrogen-bond acceptors (Lipinski definition) is 4. The summed E-state index contributed by atoms with van der Waals surface area (Å²) in [4.78, 5) is 27.0. The fraction of sp³-hybridized carbons (Fsp3) is 0.615. The topological polar surface area (TPSA) is 78.7 Å². The van der Waals surface area contributed by atoms with Crippen molar-refractivity contribution in [3.63, 3.8) is 0 Å². The molecule has 0 spiro atoms. The van der Waals surface area contributed by atoms with Crippen LogP contribution < -0.4 is 0 Å². The third kappa shape index (κ3) is 2.67. The number of nitrogens with zero attached hydrogens (tertiary/aromatic N) is 4. The minimum Gasteiger partial charge on any atom is -0.480 e. The second kappa shape index (κ2) is 5.62.